The van der Waals surface area contributed by atoms with Crippen molar-refractivity contribution in [3.8, 4) is 17.5 Å². The third-order valence-corrected chi connectivity index (χ3v) is 3.59. The van der Waals surface area contributed by atoms with Gasteiger partial charge in [-0.2, -0.15) is 4.98 Å². The molecule has 1 heterocycles. The first-order valence-electron chi connectivity index (χ1n) is 7.74. The fourth-order valence-electron chi connectivity index (χ4n) is 2.49. The molecule has 0 spiro atoms. The second-order valence-electron chi connectivity index (χ2n) is 5.22. The van der Waals surface area contributed by atoms with E-state index < -0.39 is 12.6 Å². The topological polar surface area (TPSA) is 82.8 Å². The molecule has 0 saturated carbocycles. The fraction of sp³-hybridized carbons (Fsp3) is 0.222. The first-order valence-corrected chi connectivity index (χ1v) is 7.74. The highest BCUT2D eigenvalue weighted by atomic mass is 16.5. The number of aromatic nitrogens is 2. The Hall–Kier alpha value is -3.22. The summed E-state index contributed by atoms with van der Waals surface area (Å²) in [6.07, 6.45) is 0. The smallest absolute Gasteiger partial charge is 0.341 e. The Kier molecular flexibility index (Phi) is 5.03. The van der Waals surface area contributed by atoms with Gasteiger partial charge in [-0.05, 0) is 24.3 Å². The van der Waals surface area contributed by atoms with E-state index in [0.29, 0.717) is 24.7 Å². The summed E-state index contributed by atoms with van der Waals surface area (Å²) in [5.74, 6) is 0.242. The molecule has 0 radical (unpaired) electrons. The van der Waals surface area contributed by atoms with Crippen LogP contribution in [0.25, 0.3) is 11.0 Å². The molecule has 0 atom stereocenters. The number of carboxylic acids is 1. The lowest BCUT2D eigenvalue weighted by molar-refractivity contribution is -0.139. The van der Waals surface area contributed by atoms with Crippen molar-refractivity contribution in [3.05, 3.63) is 48.5 Å². The second-order valence-corrected chi connectivity index (χ2v) is 5.22. The van der Waals surface area contributed by atoms with Gasteiger partial charge >= 0.3 is 5.97 Å². The summed E-state index contributed by atoms with van der Waals surface area (Å²) in [4.78, 5) is 15.1. The molecule has 0 aliphatic carbocycles. The van der Waals surface area contributed by atoms with Crippen LogP contribution in [0, 0.1) is 0 Å². The number of aliphatic carboxylic acids is 1. The Balaban J connectivity index is 1.77. The summed E-state index contributed by atoms with van der Waals surface area (Å²) in [7, 11) is 1.59. The van der Waals surface area contributed by atoms with Crippen LogP contribution in [0.3, 0.4) is 0 Å². The first kappa shape index (κ1) is 16.6. The standard InChI is InChI=1S/C18H18N2O5/c1-23-15-8-4-5-9-16(15)24-11-10-20-14-7-3-2-6-13(14)19-18(20)25-12-17(21)22/h2-9H,10-12H2,1H3,(H,21,22). The van der Waals surface area contributed by atoms with E-state index in [-0.39, 0.29) is 6.01 Å². The second kappa shape index (κ2) is 7.57. The van der Waals surface area contributed by atoms with E-state index in [1.165, 1.54) is 0 Å². The lowest BCUT2D eigenvalue weighted by Gasteiger charge is -2.12. The van der Waals surface area contributed by atoms with Gasteiger partial charge in [0.1, 0.15) is 6.61 Å². The summed E-state index contributed by atoms with van der Waals surface area (Å²) >= 11 is 0. The monoisotopic (exact) mass is 342 g/mol. The number of methoxy groups -OCH3 is 1. The van der Waals surface area contributed by atoms with Gasteiger partial charge in [0.25, 0.3) is 6.01 Å². The average molecular weight is 342 g/mol. The minimum Gasteiger partial charge on any atom is -0.493 e. The van der Waals surface area contributed by atoms with E-state index in [0.717, 1.165) is 11.0 Å². The molecule has 0 fully saturated rings. The first-order chi connectivity index (χ1) is 12.2. The van der Waals surface area contributed by atoms with Crippen LogP contribution in [-0.2, 0) is 11.3 Å². The predicted octanol–water partition coefficient (Wildman–Crippen LogP) is 2.59. The molecule has 0 amide bonds. The number of carboxylic acid groups (broad SMARTS) is 1. The quantitative estimate of drug-likeness (QED) is 0.677. The Labute approximate surface area is 144 Å². The number of ether oxygens (including phenoxy) is 3. The number of rotatable bonds is 8. The molecule has 3 rings (SSSR count). The molecule has 0 aliphatic heterocycles. The summed E-state index contributed by atoms with van der Waals surface area (Å²) < 4.78 is 18.1. The molecule has 0 aliphatic rings. The van der Waals surface area contributed by atoms with Crippen molar-refractivity contribution in [3.63, 3.8) is 0 Å². The maximum Gasteiger partial charge on any atom is 0.341 e. The van der Waals surface area contributed by atoms with Gasteiger partial charge in [-0.25, -0.2) is 4.79 Å². The number of imidazole rings is 1. The minimum atomic E-state index is -1.05. The van der Waals surface area contributed by atoms with Gasteiger partial charge in [0, 0.05) is 0 Å². The van der Waals surface area contributed by atoms with Gasteiger partial charge in [0.05, 0.1) is 24.7 Å². The van der Waals surface area contributed by atoms with Crippen LogP contribution in [0.4, 0.5) is 0 Å². The summed E-state index contributed by atoms with van der Waals surface area (Å²) in [6.45, 7) is 0.356. The van der Waals surface area contributed by atoms with Crippen LogP contribution in [0.1, 0.15) is 0 Å². The van der Waals surface area contributed by atoms with Crippen molar-refractivity contribution in [2.24, 2.45) is 0 Å². The molecule has 0 saturated heterocycles. The van der Waals surface area contributed by atoms with Gasteiger partial charge < -0.3 is 19.3 Å². The number of carbonyl (C=O) groups is 1. The van der Waals surface area contributed by atoms with E-state index in [1.807, 2.05) is 48.5 Å². The molecule has 7 heteroatoms. The fourth-order valence-corrected chi connectivity index (χ4v) is 2.49. The van der Waals surface area contributed by atoms with Crippen LogP contribution in [0.15, 0.2) is 48.5 Å². The highest BCUT2D eigenvalue weighted by Crippen LogP contribution is 2.26. The van der Waals surface area contributed by atoms with Crippen molar-refractivity contribution in [1.82, 2.24) is 9.55 Å². The number of benzene rings is 2. The molecule has 3 aromatic rings. The Bertz CT molecular complexity index is 875. The van der Waals surface area contributed by atoms with E-state index in [2.05, 4.69) is 4.98 Å². The Morgan fingerprint density at radius 1 is 1.08 bits per heavy atom. The Morgan fingerprint density at radius 2 is 1.80 bits per heavy atom. The molecule has 130 valence electrons. The average Bonchev–Trinajstić information content (AvgIpc) is 2.98. The molecule has 25 heavy (non-hydrogen) atoms. The van der Waals surface area contributed by atoms with Crippen molar-refractivity contribution >= 4 is 17.0 Å². The van der Waals surface area contributed by atoms with Crippen LogP contribution < -0.4 is 14.2 Å². The Morgan fingerprint density at radius 3 is 2.56 bits per heavy atom. The zero-order valence-electron chi connectivity index (χ0n) is 13.7. The number of fused-ring (bicyclic) bond motifs is 1. The van der Waals surface area contributed by atoms with Gasteiger partial charge in [-0.15, -0.1) is 0 Å². The number of hydrogen-bond acceptors (Lipinski definition) is 5. The maximum atomic E-state index is 10.8. The summed E-state index contributed by atoms with van der Waals surface area (Å²) in [6, 6.07) is 15.1. The van der Waals surface area contributed by atoms with Gasteiger partial charge in [0.15, 0.2) is 18.1 Å². The predicted molar refractivity (Wildman–Crippen MR) is 91.4 cm³/mol. The van der Waals surface area contributed by atoms with Crippen LogP contribution in [0.2, 0.25) is 0 Å². The van der Waals surface area contributed by atoms with Gasteiger partial charge in [-0.1, -0.05) is 24.3 Å². The number of nitrogens with zero attached hydrogens (tertiary/aromatic N) is 2. The van der Waals surface area contributed by atoms with Crippen LogP contribution in [0.5, 0.6) is 17.5 Å². The van der Waals surface area contributed by atoms with Crippen molar-refractivity contribution in [1.29, 1.82) is 0 Å². The molecular weight excluding hydrogens is 324 g/mol. The van der Waals surface area contributed by atoms with Crippen molar-refractivity contribution in [2.45, 2.75) is 6.54 Å². The highest BCUT2D eigenvalue weighted by molar-refractivity contribution is 5.76. The highest BCUT2D eigenvalue weighted by Gasteiger charge is 2.13. The molecule has 1 aromatic heterocycles. The molecular formula is C18H18N2O5. The maximum absolute atomic E-state index is 10.8. The molecule has 0 bridgehead atoms. The lowest BCUT2D eigenvalue weighted by atomic mass is 10.3. The van der Waals surface area contributed by atoms with Crippen molar-refractivity contribution < 1.29 is 24.1 Å². The SMILES string of the molecule is COc1ccccc1OCCn1c(OCC(=O)O)nc2ccccc21. The van der Waals surface area contributed by atoms with E-state index in [1.54, 1.807) is 11.7 Å². The largest absolute Gasteiger partial charge is 0.493 e. The molecule has 7 nitrogen and oxygen atoms in total. The third kappa shape index (κ3) is 3.82. The third-order valence-electron chi connectivity index (χ3n) is 3.59. The summed E-state index contributed by atoms with van der Waals surface area (Å²) in [5, 5.41) is 8.82. The lowest BCUT2D eigenvalue weighted by Crippen LogP contribution is -2.15. The zero-order chi connectivity index (χ0) is 17.6. The van der Waals surface area contributed by atoms with E-state index in [9.17, 15) is 4.79 Å². The number of hydrogen-bond donors (Lipinski definition) is 1. The van der Waals surface area contributed by atoms with E-state index >= 15 is 0 Å². The van der Waals surface area contributed by atoms with E-state index in [4.69, 9.17) is 19.3 Å². The molecule has 0 unspecified atom stereocenters. The molecule has 2 aromatic carbocycles. The molecule has 1 N–H and O–H groups in total. The van der Waals surface area contributed by atoms with Crippen molar-refractivity contribution in [2.75, 3.05) is 20.3 Å². The summed E-state index contributed by atoms with van der Waals surface area (Å²) in [5.41, 5.74) is 1.59. The van der Waals surface area contributed by atoms with Crippen LogP contribution >= 0.6 is 0 Å². The number of para-hydroxylation sites is 4. The normalized spacial score (nSPS) is 10.6. The zero-order valence-corrected chi connectivity index (χ0v) is 13.7. The van der Waals surface area contributed by atoms with Gasteiger partial charge in [0.2, 0.25) is 0 Å². The minimum absolute atomic E-state index is 0.257. The van der Waals surface area contributed by atoms with Gasteiger partial charge in [-0.3, -0.25) is 4.57 Å². The van der Waals surface area contributed by atoms with Crippen LogP contribution in [-0.4, -0.2) is 41.0 Å².